The highest BCUT2D eigenvalue weighted by molar-refractivity contribution is 5.67. The van der Waals surface area contributed by atoms with Crippen LogP contribution < -0.4 is 10.6 Å². The van der Waals surface area contributed by atoms with E-state index in [0.29, 0.717) is 12.6 Å². The van der Waals surface area contributed by atoms with Crippen LogP contribution in [0.2, 0.25) is 0 Å². The summed E-state index contributed by atoms with van der Waals surface area (Å²) >= 11 is 0. The minimum absolute atomic E-state index is 0.0826. The van der Waals surface area contributed by atoms with E-state index in [0.717, 1.165) is 0 Å². The van der Waals surface area contributed by atoms with Gasteiger partial charge >= 0.3 is 6.09 Å². The summed E-state index contributed by atoms with van der Waals surface area (Å²) in [5.41, 5.74) is -0.369. The molecule has 0 rings (SSSR count). The molecule has 0 heterocycles. The van der Waals surface area contributed by atoms with Gasteiger partial charge in [0, 0.05) is 18.6 Å². The van der Waals surface area contributed by atoms with E-state index >= 15 is 0 Å². The van der Waals surface area contributed by atoms with Gasteiger partial charge in [0.05, 0.1) is 0 Å². The van der Waals surface area contributed by atoms with Crippen molar-refractivity contribution in [3.05, 3.63) is 0 Å². The number of amides is 1. The van der Waals surface area contributed by atoms with E-state index in [-0.39, 0.29) is 17.6 Å². The first-order valence-corrected chi connectivity index (χ1v) is 6.64. The van der Waals surface area contributed by atoms with Gasteiger partial charge in [0.2, 0.25) is 0 Å². The Balaban J connectivity index is 4.32. The van der Waals surface area contributed by atoms with Crippen molar-refractivity contribution < 1.29 is 9.53 Å². The van der Waals surface area contributed by atoms with E-state index < -0.39 is 5.60 Å². The fraction of sp³-hybridized carbons (Fsp3) is 0.929. The van der Waals surface area contributed by atoms with Gasteiger partial charge in [0.1, 0.15) is 5.60 Å². The lowest BCUT2D eigenvalue weighted by atomic mass is 9.86. The summed E-state index contributed by atoms with van der Waals surface area (Å²) in [6.45, 7) is 16.8. The summed E-state index contributed by atoms with van der Waals surface area (Å²) in [5.74, 6) is 0. The standard InChI is InChI=1S/C14H30N2O2/c1-10(2)16-11(13(3,4)5)9-15-12(17)18-14(6,7)8/h10-11,16H,9H2,1-8H3,(H,15,17). The van der Waals surface area contributed by atoms with Crippen molar-refractivity contribution in [1.29, 1.82) is 0 Å². The number of nitrogens with one attached hydrogen (secondary N) is 2. The van der Waals surface area contributed by atoms with Crippen LogP contribution in [-0.4, -0.2) is 30.3 Å². The number of alkyl carbamates (subject to hydrolysis) is 1. The summed E-state index contributed by atoms with van der Waals surface area (Å²) in [4.78, 5) is 11.6. The highest BCUT2D eigenvalue weighted by Gasteiger charge is 2.26. The van der Waals surface area contributed by atoms with Crippen LogP contribution in [0.15, 0.2) is 0 Å². The van der Waals surface area contributed by atoms with E-state index in [2.05, 4.69) is 45.3 Å². The molecule has 0 saturated heterocycles. The molecule has 0 bridgehead atoms. The summed E-state index contributed by atoms with van der Waals surface area (Å²) < 4.78 is 5.23. The average Bonchev–Trinajstić information content (AvgIpc) is 2.06. The third kappa shape index (κ3) is 8.34. The Kier molecular flexibility index (Phi) is 6.14. The van der Waals surface area contributed by atoms with Gasteiger partial charge in [-0.3, -0.25) is 0 Å². The second-order valence-electron chi connectivity index (χ2n) is 7.12. The smallest absolute Gasteiger partial charge is 0.407 e. The first-order valence-electron chi connectivity index (χ1n) is 6.64. The van der Waals surface area contributed by atoms with Crippen molar-refractivity contribution in [2.24, 2.45) is 5.41 Å². The number of rotatable bonds is 4. The molecule has 0 fully saturated rings. The van der Waals surface area contributed by atoms with Crippen molar-refractivity contribution in [2.45, 2.75) is 73.1 Å². The monoisotopic (exact) mass is 258 g/mol. The molecule has 2 N–H and O–H groups in total. The van der Waals surface area contributed by atoms with Crippen LogP contribution in [0.5, 0.6) is 0 Å². The molecule has 0 spiro atoms. The lowest BCUT2D eigenvalue weighted by molar-refractivity contribution is 0.0512. The highest BCUT2D eigenvalue weighted by atomic mass is 16.6. The van der Waals surface area contributed by atoms with Crippen LogP contribution >= 0.6 is 0 Å². The zero-order valence-electron chi connectivity index (χ0n) is 13.2. The molecule has 0 saturated carbocycles. The average molecular weight is 258 g/mol. The fourth-order valence-electron chi connectivity index (χ4n) is 1.52. The zero-order chi connectivity index (χ0) is 14.6. The predicted octanol–water partition coefficient (Wildman–Crippen LogP) is 2.92. The van der Waals surface area contributed by atoms with Gasteiger partial charge in [-0.15, -0.1) is 0 Å². The lowest BCUT2D eigenvalue weighted by Gasteiger charge is -2.33. The largest absolute Gasteiger partial charge is 0.444 e. The topological polar surface area (TPSA) is 50.4 Å². The van der Waals surface area contributed by atoms with E-state index in [4.69, 9.17) is 4.74 Å². The van der Waals surface area contributed by atoms with Gasteiger partial charge in [-0.25, -0.2) is 4.79 Å². The molecule has 0 aromatic carbocycles. The summed E-state index contributed by atoms with van der Waals surface area (Å²) in [7, 11) is 0. The van der Waals surface area contributed by atoms with Crippen LogP contribution in [-0.2, 0) is 4.74 Å². The first kappa shape index (κ1) is 17.2. The molecule has 1 atom stereocenters. The number of hydrogen-bond donors (Lipinski definition) is 2. The van der Waals surface area contributed by atoms with Gasteiger partial charge in [-0.1, -0.05) is 34.6 Å². The van der Waals surface area contributed by atoms with Crippen LogP contribution in [0.3, 0.4) is 0 Å². The molecule has 0 radical (unpaired) electrons. The number of ether oxygens (including phenoxy) is 1. The third-order valence-electron chi connectivity index (χ3n) is 2.43. The summed E-state index contributed by atoms with van der Waals surface area (Å²) in [6, 6.07) is 0.597. The van der Waals surface area contributed by atoms with Crippen molar-refractivity contribution in [2.75, 3.05) is 6.54 Å². The molecule has 4 heteroatoms. The van der Waals surface area contributed by atoms with Gasteiger partial charge < -0.3 is 15.4 Å². The second-order valence-corrected chi connectivity index (χ2v) is 7.12. The first-order chi connectivity index (χ1) is 7.92. The third-order valence-corrected chi connectivity index (χ3v) is 2.43. The Bertz CT molecular complexity index is 262. The van der Waals surface area contributed by atoms with E-state index in [1.165, 1.54) is 0 Å². The molecular weight excluding hydrogens is 228 g/mol. The van der Waals surface area contributed by atoms with Crippen LogP contribution in [0.1, 0.15) is 55.4 Å². The van der Waals surface area contributed by atoms with E-state index in [9.17, 15) is 4.79 Å². The molecule has 0 aliphatic carbocycles. The van der Waals surface area contributed by atoms with Gasteiger partial charge in [0.25, 0.3) is 0 Å². The number of hydrogen-bond acceptors (Lipinski definition) is 3. The Morgan fingerprint density at radius 3 is 1.94 bits per heavy atom. The number of carbonyl (C=O) groups excluding carboxylic acids is 1. The molecule has 0 aliphatic rings. The number of carbonyl (C=O) groups is 1. The predicted molar refractivity (Wildman–Crippen MR) is 75.8 cm³/mol. The highest BCUT2D eigenvalue weighted by Crippen LogP contribution is 2.19. The minimum atomic E-state index is -0.452. The van der Waals surface area contributed by atoms with Crippen molar-refractivity contribution in [1.82, 2.24) is 10.6 Å². The molecular formula is C14H30N2O2. The minimum Gasteiger partial charge on any atom is -0.444 e. The van der Waals surface area contributed by atoms with Crippen molar-refractivity contribution in [3.8, 4) is 0 Å². The molecule has 18 heavy (non-hydrogen) atoms. The van der Waals surface area contributed by atoms with Crippen LogP contribution in [0.25, 0.3) is 0 Å². The second kappa shape index (κ2) is 6.41. The maximum Gasteiger partial charge on any atom is 0.407 e. The van der Waals surface area contributed by atoms with Crippen LogP contribution in [0.4, 0.5) is 4.79 Å². The molecule has 0 aromatic heterocycles. The van der Waals surface area contributed by atoms with E-state index in [1.807, 2.05) is 20.8 Å². The molecule has 1 amide bonds. The molecule has 1 unspecified atom stereocenters. The van der Waals surface area contributed by atoms with Crippen LogP contribution in [0, 0.1) is 5.41 Å². The Morgan fingerprint density at radius 2 is 1.61 bits per heavy atom. The maximum atomic E-state index is 11.6. The SMILES string of the molecule is CC(C)NC(CNC(=O)OC(C)(C)C)C(C)(C)C. The molecule has 108 valence electrons. The fourth-order valence-corrected chi connectivity index (χ4v) is 1.52. The summed E-state index contributed by atoms with van der Waals surface area (Å²) in [5, 5.41) is 6.30. The molecule has 4 nitrogen and oxygen atoms in total. The normalized spacial score (nSPS) is 14.5. The maximum absolute atomic E-state index is 11.6. The Hall–Kier alpha value is -0.770. The Morgan fingerprint density at radius 1 is 1.11 bits per heavy atom. The lowest BCUT2D eigenvalue weighted by Crippen LogP contribution is -2.51. The van der Waals surface area contributed by atoms with Crippen molar-refractivity contribution in [3.63, 3.8) is 0 Å². The van der Waals surface area contributed by atoms with E-state index in [1.54, 1.807) is 0 Å². The molecule has 0 aliphatic heterocycles. The Labute approximate surface area is 112 Å². The van der Waals surface area contributed by atoms with Gasteiger partial charge in [0.15, 0.2) is 0 Å². The van der Waals surface area contributed by atoms with Crippen molar-refractivity contribution >= 4 is 6.09 Å². The quantitative estimate of drug-likeness (QED) is 0.815. The van der Waals surface area contributed by atoms with Gasteiger partial charge in [-0.2, -0.15) is 0 Å². The molecule has 0 aromatic rings. The van der Waals surface area contributed by atoms with Gasteiger partial charge in [-0.05, 0) is 26.2 Å². The summed E-state index contributed by atoms with van der Waals surface area (Å²) in [6.07, 6.45) is -0.359. The zero-order valence-corrected chi connectivity index (χ0v) is 13.2.